The molecule has 6 nitrogen and oxygen atoms in total. The van der Waals surface area contributed by atoms with Crippen LogP contribution in [0.4, 0.5) is 11.4 Å². The lowest BCUT2D eigenvalue weighted by molar-refractivity contribution is -0.116. The summed E-state index contributed by atoms with van der Waals surface area (Å²) in [4.78, 5) is 12.6. The zero-order valence-corrected chi connectivity index (χ0v) is 16.8. The van der Waals surface area contributed by atoms with Gasteiger partial charge >= 0.3 is 0 Å². The number of carbonyl (C=O) groups is 1. The number of rotatable bonds is 6. The fourth-order valence-corrected chi connectivity index (χ4v) is 3.91. The number of amides is 1. The van der Waals surface area contributed by atoms with E-state index in [9.17, 15) is 13.2 Å². The zero-order valence-electron chi connectivity index (χ0n) is 15.2. The van der Waals surface area contributed by atoms with E-state index >= 15 is 0 Å². The molecule has 0 spiro atoms. The summed E-state index contributed by atoms with van der Waals surface area (Å²) in [5.41, 5.74) is 2.48. The van der Waals surface area contributed by atoms with Crippen molar-refractivity contribution in [3.05, 3.63) is 58.6 Å². The van der Waals surface area contributed by atoms with Gasteiger partial charge in [-0.2, -0.15) is 5.26 Å². The van der Waals surface area contributed by atoms with Crippen molar-refractivity contribution < 1.29 is 13.2 Å². The Morgan fingerprint density at radius 3 is 2.41 bits per heavy atom. The molecule has 0 radical (unpaired) electrons. The van der Waals surface area contributed by atoms with Gasteiger partial charge in [-0.15, -0.1) is 0 Å². The number of nitrogens with zero attached hydrogens (tertiary/aromatic N) is 2. The lowest BCUT2D eigenvalue weighted by Crippen LogP contribution is -2.45. The van der Waals surface area contributed by atoms with Crippen molar-refractivity contribution in [2.75, 3.05) is 15.9 Å². The minimum atomic E-state index is -3.72. The fraction of sp³-hybridized carbons (Fsp3) is 0.263. The Bertz CT molecular complexity index is 982. The maximum atomic E-state index is 12.6. The standard InChI is InChI=1S/C19H20ClN3O3S/c1-13-4-9-17(12-18(13)20)23(27(3,25)26)14(2)19(24)22-16-7-5-15(6-8-16)10-11-21/h4-9,12,14H,10H2,1-3H3,(H,22,24)/t14-/m0/s1. The second-order valence-corrected chi connectivity index (χ2v) is 8.46. The quantitative estimate of drug-likeness (QED) is 0.796. The predicted molar refractivity (Wildman–Crippen MR) is 107 cm³/mol. The molecule has 0 bridgehead atoms. The van der Waals surface area contributed by atoms with Crippen molar-refractivity contribution in [3.8, 4) is 6.07 Å². The van der Waals surface area contributed by atoms with Gasteiger partial charge in [-0.05, 0) is 49.2 Å². The average molecular weight is 406 g/mol. The maximum Gasteiger partial charge on any atom is 0.247 e. The highest BCUT2D eigenvalue weighted by atomic mass is 35.5. The summed E-state index contributed by atoms with van der Waals surface area (Å²) in [6.07, 6.45) is 1.32. The number of hydrogen-bond donors (Lipinski definition) is 1. The van der Waals surface area contributed by atoms with Gasteiger partial charge in [0, 0.05) is 10.7 Å². The van der Waals surface area contributed by atoms with Crippen LogP contribution >= 0.6 is 11.6 Å². The Morgan fingerprint density at radius 2 is 1.89 bits per heavy atom. The van der Waals surface area contributed by atoms with E-state index in [1.165, 1.54) is 13.0 Å². The monoisotopic (exact) mass is 405 g/mol. The molecular formula is C19H20ClN3O3S. The molecule has 1 atom stereocenters. The molecule has 0 aliphatic heterocycles. The van der Waals surface area contributed by atoms with Crippen molar-refractivity contribution in [2.45, 2.75) is 26.3 Å². The van der Waals surface area contributed by atoms with Crippen LogP contribution in [0.25, 0.3) is 0 Å². The Hall–Kier alpha value is -2.56. The van der Waals surface area contributed by atoms with Crippen molar-refractivity contribution in [2.24, 2.45) is 0 Å². The molecule has 0 fully saturated rings. The molecule has 0 aliphatic rings. The van der Waals surface area contributed by atoms with E-state index in [1.54, 1.807) is 36.4 Å². The van der Waals surface area contributed by atoms with Gasteiger partial charge in [-0.3, -0.25) is 9.10 Å². The van der Waals surface area contributed by atoms with Crippen LogP contribution in [0, 0.1) is 18.3 Å². The third kappa shape index (κ3) is 5.22. The van der Waals surface area contributed by atoms with Gasteiger partial charge < -0.3 is 5.32 Å². The molecule has 2 aromatic carbocycles. The van der Waals surface area contributed by atoms with Crippen LogP contribution in [0.15, 0.2) is 42.5 Å². The first-order valence-corrected chi connectivity index (χ1v) is 10.4. The number of nitriles is 1. The summed E-state index contributed by atoms with van der Waals surface area (Å²) >= 11 is 6.12. The molecule has 1 N–H and O–H groups in total. The van der Waals surface area contributed by atoms with Gasteiger partial charge in [-0.1, -0.05) is 29.8 Å². The van der Waals surface area contributed by atoms with Crippen LogP contribution in [-0.4, -0.2) is 26.6 Å². The highest BCUT2D eigenvalue weighted by Gasteiger charge is 2.29. The molecule has 1 amide bonds. The van der Waals surface area contributed by atoms with Crippen LogP contribution in [0.1, 0.15) is 18.1 Å². The normalized spacial score (nSPS) is 12.1. The van der Waals surface area contributed by atoms with Gasteiger partial charge in [0.25, 0.3) is 0 Å². The van der Waals surface area contributed by atoms with E-state index in [0.717, 1.165) is 21.7 Å². The van der Waals surface area contributed by atoms with Gasteiger partial charge in [0.1, 0.15) is 6.04 Å². The van der Waals surface area contributed by atoms with E-state index < -0.39 is 22.0 Å². The smallest absolute Gasteiger partial charge is 0.247 e. The van der Waals surface area contributed by atoms with Crippen molar-refractivity contribution in [1.82, 2.24) is 0 Å². The third-order valence-corrected chi connectivity index (χ3v) is 5.65. The van der Waals surface area contributed by atoms with E-state index in [0.29, 0.717) is 16.4 Å². The number of carbonyl (C=O) groups excluding carboxylic acids is 1. The topological polar surface area (TPSA) is 90.3 Å². The Kier molecular flexibility index (Phi) is 6.47. The van der Waals surface area contributed by atoms with Gasteiger partial charge in [0.2, 0.25) is 15.9 Å². The number of hydrogen-bond acceptors (Lipinski definition) is 4. The van der Waals surface area contributed by atoms with Crippen molar-refractivity contribution in [1.29, 1.82) is 5.26 Å². The Labute approximate surface area is 164 Å². The lowest BCUT2D eigenvalue weighted by Gasteiger charge is -2.28. The van der Waals surface area contributed by atoms with E-state index in [1.807, 2.05) is 13.0 Å². The summed E-state index contributed by atoms with van der Waals surface area (Å²) in [7, 11) is -3.72. The minimum Gasteiger partial charge on any atom is -0.324 e. The summed E-state index contributed by atoms with van der Waals surface area (Å²) in [6, 6.07) is 12.7. The molecule has 0 aromatic heterocycles. The number of sulfonamides is 1. The first kappa shape index (κ1) is 20.7. The van der Waals surface area contributed by atoms with Crippen molar-refractivity contribution >= 4 is 38.9 Å². The number of aryl methyl sites for hydroxylation is 1. The molecular weight excluding hydrogens is 386 g/mol. The second kappa shape index (κ2) is 8.42. The molecule has 0 aliphatic carbocycles. The fourth-order valence-electron chi connectivity index (χ4n) is 2.57. The number of nitrogens with one attached hydrogen (secondary N) is 1. The second-order valence-electron chi connectivity index (χ2n) is 6.19. The summed E-state index contributed by atoms with van der Waals surface area (Å²) < 4.78 is 25.7. The van der Waals surface area contributed by atoms with Crippen LogP contribution in [0.2, 0.25) is 5.02 Å². The van der Waals surface area contributed by atoms with Crippen LogP contribution in [0.3, 0.4) is 0 Å². The highest BCUT2D eigenvalue weighted by molar-refractivity contribution is 7.92. The zero-order chi connectivity index (χ0) is 20.2. The number of anilines is 2. The summed E-state index contributed by atoms with van der Waals surface area (Å²) in [5, 5.41) is 11.8. The minimum absolute atomic E-state index is 0.278. The SMILES string of the molecule is Cc1ccc(N([C@@H](C)C(=O)Nc2ccc(CC#N)cc2)S(C)(=O)=O)cc1Cl. The molecule has 2 rings (SSSR count). The lowest BCUT2D eigenvalue weighted by atomic mass is 10.1. The van der Waals surface area contributed by atoms with E-state index in [2.05, 4.69) is 5.32 Å². The summed E-state index contributed by atoms with van der Waals surface area (Å²) in [5.74, 6) is -0.481. The first-order valence-electron chi connectivity index (χ1n) is 8.16. The summed E-state index contributed by atoms with van der Waals surface area (Å²) in [6.45, 7) is 3.32. The van der Waals surface area contributed by atoms with Gasteiger partial charge in [0.15, 0.2) is 0 Å². The molecule has 8 heteroatoms. The molecule has 0 unspecified atom stereocenters. The van der Waals surface area contributed by atoms with E-state index in [-0.39, 0.29) is 6.42 Å². The molecule has 27 heavy (non-hydrogen) atoms. The molecule has 2 aromatic rings. The van der Waals surface area contributed by atoms with Crippen LogP contribution < -0.4 is 9.62 Å². The Balaban J connectivity index is 2.26. The van der Waals surface area contributed by atoms with Crippen LogP contribution in [0.5, 0.6) is 0 Å². The number of benzene rings is 2. The molecule has 0 saturated heterocycles. The molecule has 142 valence electrons. The molecule has 0 heterocycles. The van der Waals surface area contributed by atoms with Crippen LogP contribution in [-0.2, 0) is 21.2 Å². The third-order valence-electron chi connectivity index (χ3n) is 4.00. The average Bonchev–Trinajstić information content (AvgIpc) is 2.59. The molecule has 0 saturated carbocycles. The van der Waals surface area contributed by atoms with Crippen molar-refractivity contribution in [3.63, 3.8) is 0 Å². The first-order chi connectivity index (χ1) is 12.6. The van der Waals surface area contributed by atoms with Gasteiger partial charge in [0.05, 0.1) is 24.4 Å². The number of halogens is 1. The maximum absolute atomic E-state index is 12.6. The Morgan fingerprint density at radius 1 is 1.26 bits per heavy atom. The van der Waals surface area contributed by atoms with E-state index in [4.69, 9.17) is 16.9 Å². The highest BCUT2D eigenvalue weighted by Crippen LogP contribution is 2.27. The predicted octanol–water partition coefficient (Wildman–Crippen LogP) is 3.51. The largest absolute Gasteiger partial charge is 0.324 e. The van der Waals surface area contributed by atoms with Gasteiger partial charge in [-0.25, -0.2) is 8.42 Å².